The molecule has 0 aromatic rings. The van der Waals surface area contributed by atoms with Gasteiger partial charge >= 0.3 is 0 Å². The fourth-order valence-corrected chi connectivity index (χ4v) is 3.31. The van der Waals surface area contributed by atoms with Crippen LogP contribution in [0.5, 0.6) is 0 Å². The lowest BCUT2D eigenvalue weighted by molar-refractivity contribution is -0.128. The Balaban J connectivity index is 1.82. The largest absolute Gasteiger partial charge is 0.381 e. The van der Waals surface area contributed by atoms with Gasteiger partial charge in [-0.15, -0.1) is 0 Å². The summed E-state index contributed by atoms with van der Waals surface area (Å²) < 4.78 is 5.39. The van der Waals surface area contributed by atoms with Crippen LogP contribution >= 0.6 is 0 Å². The van der Waals surface area contributed by atoms with Crippen molar-refractivity contribution in [2.24, 2.45) is 23.0 Å². The number of carbonyl (C=O) groups excluding carboxylic acids is 1. The van der Waals surface area contributed by atoms with Crippen LogP contribution in [-0.2, 0) is 9.53 Å². The fraction of sp³-hybridized carbons (Fsp3) is 0.933. The Morgan fingerprint density at radius 2 is 2.00 bits per heavy atom. The minimum absolute atomic E-state index is 0.141. The van der Waals surface area contributed by atoms with Gasteiger partial charge in [0, 0.05) is 25.7 Å². The first-order chi connectivity index (χ1) is 9.14. The van der Waals surface area contributed by atoms with Crippen molar-refractivity contribution >= 4 is 5.91 Å². The summed E-state index contributed by atoms with van der Waals surface area (Å²) in [7, 11) is 0. The van der Waals surface area contributed by atoms with Crippen LogP contribution in [0.15, 0.2) is 0 Å². The van der Waals surface area contributed by atoms with Gasteiger partial charge < -0.3 is 15.8 Å². The van der Waals surface area contributed by atoms with E-state index in [9.17, 15) is 4.79 Å². The third kappa shape index (κ3) is 3.93. The zero-order chi connectivity index (χ0) is 13.7. The van der Waals surface area contributed by atoms with Gasteiger partial charge in [-0.05, 0) is 43.6 Å². The van der Waals surface area contributed by atoms with Gasteiger partial charge in [0.15, 0.2) is 0 Å². The van der Waals surface area contributed by atoms with Crippen LogP contribution in [-0.4, -0.2) is 32.2 Å². The summed E-state index contributed by atoms with van der Waals surface area (Å²) in [5.74, 6) is 0.751. The van der Waals surface area contributed by atoms with Crippen LogP contribution in [0, 0.1) is 17.3 Å². The predicted molar refractivity (Wildman–Crippen MR) is 75.7 cm³/mol. The SMILES string of the molecule is CC1(CNC(=O)C2CCCCC2CN)CCOCC1. The van der Waals surface area contributed by atoms with Gasteiger partial charge in [-0.2, -0.15) is 0 Å². The lowest BCUT2D eigenvalue weighted by atomic mass is 9.78. The highest BCUT2D eigenvalue weighted by atomic mass is 16.5. The lowest BCUT2D eigenvalue weighted by Crippen LogP contribution is -2.44. The van der Waals surface area contributed by atoms with E-state index in [0.717, 1.165) is 45.4 Å². The normalized spacial score (nSPS) is 30.8. The molecule has 1 amide bonds. The number of ether oxygens (including phenoxy) is 1. The first-order valence-corrected chi connectivity index (χ1v) is 7.70. The number of amides is 1. The number of hydrogen-bond donors (Lipinski definition) is 2. The van der Waals surface area contributed by atoms with Crippen molar-refractivity contribution in [3.05, 3.63) is 0 Å². The minimum Gasteiger partial charge on any atom is -0.381 e. The van der Waals surface area contributed by atoms with Crippen molar-refractivity contribution in [1.82, 2.24) is 5.32 Å². The molecule has 3 N–H and O–H groups in total. The van der Waals surface area contributed by atoms with Crippen LogP contribution in [0.25, 0.3) is 0 Å². The quantitative estimate of drug-likeness (QED) is 0.815. The van der Waals surface area contributed by atoms with Gasteiger partial charge in [-0.1, -0.05) is 19.8 Å². The summed E-state index contributed by atoms with van der Waals surface area (Å²) in [5.41, 5.74) is 6.01. The Morgan fingerprint density at radius 1 is 1.32 bits per heavy atom. The third-order valence-corrected chi connectivity index (χ3v) is 4.94. The van der Waals surface area contributed by atoms with E-state index in [1.54, 1.807) is 0 Å². The Hall–Kier alpha value is -0.610. The van der Waals surface area contributed by atoms with Crippen LogP contribution < -0.4 is 11.1 Å². The highest BCUT2D eigenvalue weighted by molar-refractivity contribution is 5.79. The van der Waals surface area contributed by atoms with E-state index in [0.29, 0.717) is 12.5 Å². The van der Waals surface area contributed by atoms with Crippen LogP contribution in [0.2, 0.25) is 0 Å². The van der Waals surface area contributed by atoms with Crippen molar-refractivity contribution in [3.63, 3.8) is 0 Å². The number of rotatable bonds is 4. The molecule has 0 radical (unpaired) electrons. The van der Waals surface area contributed by atoms with E-state index in [1.807, 2.05) is 0 Å². The Bertz CT molecular complexity index is 301. The topological polar surface area (TPSA) is 64.4 Å². The summed E-state index contributed by atoms with van der Waals surface area (Å²) in [6, 6.07) is 0. The molecule has 1 heterocycles. The molecule has 4 nitrogen and oxygen atoms in total. The van der Waals surface area contributed by atoms with Gasteiger partial charge in [-0.25, -0.2) is 0 Å². The van der Waals surface area contributed by atoms with E-state index < -0.39 is 0 Å². The molecule has 2 atom stereocenters. The van der Waals surface area contributed by atoms with Gasteiger partial charge in [-0.3, -0.25) is 4.79 Å². The number of nitrogens with one attached hydrogen (secondary N) is 1. The average Bonchev–Trinajstić information content (AvgIpc) is 2.45. The molecule has 19 heavy (non-hydrogen) atoms. The van der Waals surface area contributed by atoms with E-state index >= 15 is 0 Å². The molecule has 2 fully saturated rings. The van der Waals surface area contributed by atoms with Crippen molar-refractivity contribution in [1.29, 1.82) is 0 Å². The zero-order valence-electron chi connectivity index (χ0n) is 12.1. The van der Waals surface area contributed by atoms with Gasteiger partial charge in [0.2, 0.25) is 5.91 Å². The standard InChI is InChI=1S/C15H28N2O2/c1-15(6-8-19-9-7-15)11-17-14(18)13-5-3-2-4-12(13)10-16/h12-13H,2-11,16H2,1H3,(H,17,18). The maximum absolute atomic E-state index is 12.4. The number of hydrogen-bond acceptors (Lipinski definition) is 3. The molecule has 0 aromatic carbocycles. The molecule has 110 valence electrons. The molecule has 1 aliphatic heterocycles. The molecule has 0 aromatic heterocycles. The Morgan fingerprint density at radius 3 is 2.68 bits per heavy atom. The fourth-order valence-electron chi connectivity index (χ4n) is 3.31. The van der Waals surface area contributed by atoms with E-state index in [1.165, 1.54) is 12.8 Å². The summed E-state index contributed by atoms with van der Waals surface area (Å²) in [6.07, 6.45) is 6.59. The zero-order valence-corrected chi connectivity index (χ0v) is 12.1. The first kappa shape index (κ1) is 14.8. The number of carbonyl (C=O) groups is 1. The molecule has 4 heteroatoms. The molecule has 2 unspecified atom stereocenters. The van der Waals surface area contributed by atoms with Gasteiger partial charge in [0.25, 0.3) is 0 Å². The second-order valence-electron chi connectivity index (χ2n) is 6.53. The molecule has 1 saturated heterocycles. The highest BCUT2D eigenvalue weighted by Gasteiger charge is 2.32. The monoisotopic (exact) mass is 268 g/mol. The molecule has 0 bridgehead atoms. The second kappa shape index (κ2) is 6.71. The van der Waals surface area contributed by atoms with E-state index in [4.69, 9.17) is 10.5 Å². The molecular weight excluding hydrogens is 240 g/mol. The maximum Gasteiger partial charge on any atom is 0.223 e. The maximum atomic E-state index is 12.4. The molecule has 2 rings (SSSR count). The average molecular weight is 268 g/mol. The summed E-state index contributed by atoms with van der Waals surface area (Å²) in [6.45, 7) is 5.31. The Labute approximate surface area is 116 Å². The Kier molecular flexibility index (Phi) is 5.22. The van der Waals surface area contributed by atoms with Crippen molar-refractivity contribution in [2.45, 2.75) is 45.4 Å². The molecule has 0 spiro atoms. The summed E-state index contributed by atoms with van der Waals surface area (Å²) in [4.78, 5) is 12.4. The van der Waals surface area contributed by atoms with E-state index in [2.05, 4.69) is 12.2 Å². The summed E-state index contributed by atoms with van der Waals surface area (Å²) >= 11 is 0. The van der Waals surface area contributed by atoms with Crippen molar-refractivity contribution in [2.75, 3.05) is 26.3 Å². The van der Waals surface area contributed by atoms with E-state index in [-0.39, 0.29) is 17.2 Å². The third-order valence-electron chi connectivity index (χ3n) is 4.94. The van der Waals surface area contributed by atoms with Crippen molar-refractivity contribution < 1.29 is 9.53 Å². The van der Waals surface area contributed by atoms with Crippen LogP contribution in [0.1, 0.15) is 45.4 Å². The van der Waals surface area contributed by atoms with Crippen molar-refractivity contribution in [3.8, 4) is 0 Å². The summed E-state index contributed by atoms with van der Waals surface area (Å²) in [5, 5.41) is 3.18. The lowest BCUT2D eigenvalue weighted by Gasteiger charge is -2.35. The van der Waals surface area contributed by atoms with Crippen LogP contribution in [0.3, 0.4) is 0 Å². The number of nitrogens with two attached hydrogens (primary N) is 1. The molecule has 2 aliphatic rings. The smallest absolute Gasteiger partial charge is 0.223 e. The predicted octanol–water partition coefficient (Wildman–Crippen LogP) is 1.68. The van der Waals surface area contributed by atoms with Crippen LogP contribution in [0.4, 0.5) is 0 Å². The van der Waals surface area contributed by atoms with Gasteiger partial charge in [0.1, 0.15) is 0 Å². The molecular formula is C15H28N2O2. The first-order valence-electron chi connectivity index (χ1n) is 7.70. The highest BCUT2D eigenvalue weighted by Crippen LogP contribution is 2.31. The minimum atomic E-state index is 0.141. The molecule has 1 aliphatic carbocycles. The molecule has 1 saturated carbocycles. The second-order valence-corrected chi connectivity index (χ2v) is 6.53. The van der Waals surface area contributed by atoms with Gasteiger partial charge in [0.05, 0.1) is 0 Å².